The molecule has 0 bridgehead atoms. The van der Waals surface area contributed by atoms with E-state index in [4.69, 9.17) is 34.8 Å². The van der Waals surface area contributed by atoms with E-state index >= 15 is 0 Å². The first-order valence-electron chi connectivity index (χ1n) is 10.9. The molecule has 1 heterocycles. The zero-order chi connectivity index (χ0) is 25.3. The van der Waals surface area contributed by atoms with Crippen LogP contribution in [0.5, 0.6) is 0 Å². The fraction of sp³-hybridized carbons (Fsp3) is 0.269. The van der Waals surface area contributed by atoms with Crippen molar-refractivity contribution < 1.29 is 9.59 Å². The van der Waals surface area contributed by atoms with E-state index in [2.05, 4.69) is 16.7 Å². The summed E-state index contributed by atoms with van der Waals surface area (Å²) < 4.78 is 0. The summed E-state index contributed by atoms with van der Waals surface area (Å²) in [6.07, 6.45) is 1.07. The van der Waals surface area contributed by atoms with Gasteiger partial charge >= 0.3 is 0 Å². The Kier molecular flexibility index (Phi) is 7.54. The van der Waals surface area contributed by atoms with Crippen LogP contribution < -0.4 is 10.6 Å². The van der Waals surface area contributed by atoms with Crippen molar-refractivity contribution in [2.75, 3.05) is 11.1 Å². The number of amides is 1. The molecule has 0 spiro atoms. The lowest BCUT2D eigenvalue weighted by atomic mass is 9.69. The van der Waals surface area contributed by atoms with Gasteiger partial charge in [-0.3, -0.25) is 9.59 Å². The van der Waals surface area contributed by atoms with Crippen molar-refractivity contribution in [2.45, 2.75) is 32.6 Å². The van der Waals surface area contributed by atoms with Crippen LogP contribution in [0.15, 0.2) is 64.3 Å². The molecule has 5 nitrogen and oxygen atoms in total. The van der Waals surface area contributed by atoms with E-state index in [1.54, 1.807) is 30.3 Å². The average molecular weight is 547 g/mol. The first-order chi connectivity index (χ1) is 16.6. The minimum Gasteiger partial charge on any atom is -0.352 e. The van der Waals surface area contributed by atoms with Gasteiger partial charge in [0.05, 0.1) is 28.3 Å². The van der Waals surface area contributed by atoms with Gasteiger partial charge in [0.1, 0.15) is 0 Å². The highest BCUT2D eigenvalue weighted by atomic mass is 35.5. The number of Topliss-reactive ketones (excluding diaryl/α,β-unsaturated/α-hetero) is 1. The SMILES string of the molecule is CC1(C)CC(=O)C2=C(C1)NC(SCC(=O)Nc1cc(Cl)cc(Cl)c1)=C(C#N)[C@H]2c1ccc(Cl)cc1. The van der Waals surface area contributed by atoms with Gasteiger partial charge in [0.25, 0.3) is 0 Å². The number of thioether (sulfide) groups is 1. The van der Waals surface area contributed by atoms with Crippen molar-refractivity contribution in [3.05, 3.63) is 85.0 Å². The number of anilines is 1. The highest BCUT2D eigenvalue weighted by molar-refractivity contribution is 8.03. The number of benzene rings is 2. The third kappa shape index (κ3) is 5.87. The molecule has 0 unspecified atom stereocenters. The lowest BCUT2D eigenvalue weighted by molar-refractivity contribution is -0.118. The Balaban J connectivity index is 1.64. The largest absolute Gasteiger partial charge is 0.352 e. The molecule has 2 N–H and O–H groups in total. The summed E-state index contributed by atoms with van der Waals surface area (Å²) in [4.78, 5) is 25.9. The van der Waals surface area contributed by atoms with Crippen molar-refractivity contribution in [2.24, 2.45) is 5.41 Å². The van der Waals surface area contributed by atoms with Crippen molar-refractivity contribution >= 4 is 63.9 Å². The van der Waals surface area contributed by atoms with Crippen LogP contribution in [-0.2, 0) is 9.59 Å². The number of rotatable bonds is 5. The minimum atomic E-state index is -0.519. The van der Waals surface area contributed by atoms with Gasteiger partial charge in [-0.05, 0) is 47.7 Å². The van der Waals surface area contributed by atoms with E-state index in [1.807, 2.05) is 26.0 Å². The molecular formula is C26H22Cl3N3O2S. The van der Waals surface area contributed by atoms with E-state index in [9.17, 15) is 14.9 Å². The van der Waals surface area contributed by atoms with Gasteiger partial charge in [-0.1, -0.05) is 72.5 Å². The van der Waals surface area contributed by atoms with Crippen molar-refractivity contribution in [1.82, 2.24) is 5.32 Å². The molecule has 0 radical (unpaired) electrons. The van der Waals surface area contributed by atoms with Gasteiger partial charge in [0, 0.05) is 38.4 Å². The molecule has 0 fully saturated rings. The van der Waals surface area contributed by atoms with E-state index in [0.29, 0.717) is 49.8 Å². The molecule has 0 saturated heterocycles. The van der Waals surface area contributed by atoms with Crippen LogP contribution in [-0.4, -0.2) is 17.4 Å². The van der Waals surface area contributed by atoms with Crippen LogP contribution >= 0.6 is 46.6 Å². The van der Waals surface area contributed by atoms with Crippen LogP contribution in [0.2, 0.25) is 15.1 Å². The highest BCUT2D eigenvalue weighted by Crippen LogP contribution is 2.48. The fourth-order valence-corrected chi connectivity index (χ4v) is 5.95. The smallest absolute Gasteiger partial charge is 0.234 e. The van der Waals surface area contributed by atoms with Crippen molar-refractivity contribution in [3.8, 4) is 6.07 Å². The van der Waals surface area contributed by atoms with E-state index < -0.39 is 5.92 Å². The average Bonchev–Trinajstić information content (AvgIpc) is 2.75. The fourth-order valence-electron chi connectivity index (χ4n) is 4.44. The van der Waals surface area contributed by atoms with Gasteiger partial charge in [-0.25, -0.2) is 0 Å². The summed E-state index contributed by atoms with van der Waals surface area (Å²) in [5.74, 6) is -0.724. The highest BCUT2D eigenvalue weighted by Gasteiger charge is 2.41. The van der Waals surface area contributed by atoms with Crippen LogP contribution in [0.4, 0.5) is 5.69 Å². The van der Waals surface area contributed by atoms with Gasteiger partial charge < -0.3 is 10.6 Å². The second-order valence-electron chi connectivity index (χ2n) is 9.29. The number of carbonyl (C=O) groups excluding carboxylic acids is 2. The molecule has 1 atom stereocenters. The van der Waals surface area contributed by atoms with Crippen LogP contribution in [0.1, 0.15) is 38.2 Å². The maximum Gasteiger partial charge on any atom is 0.234 e. The molecule has 9 heteroatoms. The number of halogens is 3. The maximum absolute atomic E-state index is 13.2. The number of nitriles is 1. The summed E-state index contributed by atoms with van der Waals surface area (Å²) in [6.45, 7) is 4.10. The summed E-state index contributed by atoms with van der Waals surface area (Å²) in [6, 6.07) is 14.3. The molecule has 35 heavy (non-hydrogen) atoms. The van der Waals surface area contributed by atoms with Gasteiger partial charge in [-0.15, -0.1) is 0 Å². The van der Waals surface area contributed by atoms with Crippen LogP contribution in [0.25, 0.3) is 0 Å². The topological polar surface area (TPSA) is 82.0 Å². The second kappa shape index (κ2) is 10.3. The lowest BCUT2D eigenvalue weighted by Crippen LogP contribution is -2.37. The van der Waals surface area contributed by atoms with Crippen LogP contribution in [0, 0.1) is 16.7 Å². The molecule has 0 saturated carbocycles. The van der Waals surface area contributed by atoms with Crippen molar-refractivity contribution in [1.29, 1.82) is 5.26 Å². The Bertz CT molecular complexity index is 1290. The monoisotopic (exact) mass is 545 g/mol. The summed E-state index contributed by atoms with van der Waals surface area (Å²) in [5.41, 5.74) is 2.91. The third-order valence-corrected chi connectivity index (χ3v) is 7.53. The number of hydrogen-bond donors (Lipinski definition) is 2. The Morgan fingerprint density at radius 2 is 1.77 bits per heavy atom. The minimum absolute atomic E-state index is 0.0241. The maximum atomic E-state index is 13.2. The standard InChI is InChI=1S/C26H22Cl3N3O2S/c1-26(2)10-20-24(21(33)11-26)23(14-3-5-15(27)6-4-14)19(12-30)25(32-20)35-13-22(34)31-18-8-16(28)7-17(29)9-18/h3-9,23,32H,10-11,13H2,1-2H3,(H,31,34)/t23-/m1/s1. The van der Waals surface area contributed by atoms with E-state index in [0.717, 1.165) is 11.3 Å². The molecule has 2 aromatic carbocycles. The summed E-state index contributed by atoms with van der Waals surface area (Å²) >= 11 is 19.3. The van der Waals surface area contributed by atoms with Gasteiger partial charge in [0.15, 0.2) is 5.78 Å². The number of carbonyl (C=O) groups is 2. The number of allylic oxidation sites excluding steroid dienone is 3. The first-order valence-corrected chi connectivity index (χ1v) is 13.0. The molecule has 1 aliphatic carbocycles. The van der Waals surface area contributed by atoms with Crippen molar-refractivity contribution in [3.63, 3.8) is 0 Å². The Labute approximate surface area is 223 Å². The quantitative estimate of drug-likeness (QED) is 0.419. The number of nitrogens with one attached hydrogen (secondary N) is 2. The Morgan fingerprint density at radius 1 is 1.11 bits per heavy atom. The summed E-state index contributed by atoms with van der Waals surface area (Å²) in [5, 5.41) is 18.2. The van der Waals surface area contributed by atoms with E-state index in [1.165, 1.54) is 11.8 Å². The van der Waals surface area contributed by atoms with Crippen LogP contribution in [0.3, 0.4) is 0 Å². The first kappa shape index (κ1) is 25.7. The summed E-state index contributed by atoms with van der Waals surface area (Å²) in [7, 11) is 0. The Hall–Kier alpha value is -2.43. The zero-order valence-electron chi connectivity index (χ0n) is 19.0. The Morgan fingerprint density at radius 3 is 2.40 bits per heavy atom. The number of dihydropyridines is 1. The predicted octanol–water partition coefficient (Wildman–Crippen LogP) is 7.08. The molecular weight excluding hydrogens is 525 g/mol. The molecule has 0 aromatic heterocycles. The predicted molar refractivity (Wildman–Crippen MR) is 143 cm³/mol. The zero-order valence-corrected chi connectivity index (χ0v) is 22.1. The van der Waals surface area contributed by atoms with Gasteiger partial charge in [-0.2, -0.15) is 5.26 Å². The molecule has 1 aliphatic heterocycles. The molecule has 2 aliphatic rings. The number of nitrogens with zero attached hydrogens (tertiary/aromatic N) is 1. The number of ketones is 1. The van der Waals surface area contributed by atoms with Gasteiger partial charge in [0.2, 0.25) is 5.91 Å². The lowest BCUT2D eigenvalue weighted by Gasteiger charge is -2.39. The molecule has 180 valence electrons. The van der Waals surface area contributed by atoms with E-state index in [-0.39, 0.29) is 22.9 Å². The number of hydrogen-bond acceptors (Lipinski definition) is 5. The molecule has 2 aromatic rings. The normalized spacial score (nSPS) is 19.1. The third-order valence-electron chi connectivity index (χ3n) is 5.82. The molecule has 4 rings (SSSR count). The second-order valence-corrected chi connectivity index (χ2v) is 11.6. The molecule has 1 amide bonds.